The summed E-state index contributed by atoms with van der Waals surface area (Å²) in [7, 11) is 0. The molecule has 134 valence electrons. The van der Waals surface area contributed by atoms with Gasteiger partial charge in [-0.15, -0.1) is 0 Å². The number of nitrogens with one attached hydrogen (secondary N) is 1. The molecule has 7 nitrogen and oxygen atoms in total. The standard InChI is InChI=1S/C18H24N4O3/c1-6-16(15-9-7-11(2)8-10-15)19-18(23)14(5)21-13(4)17(22(24)25)12(3)20-21/h7-10,14,16H,6H2,1-5H3,(H,19,23). The number of nitrogens with zero attached hydrogens (tertiary/aromatic N) is 3. The van der Waals surface area contributed by atoms with Crippen molar-refractivity contribution in [1.29, 1.82) is 0 Å². The fourth-order valence-corrected chi connectivity index (χ4v) is 2.92. The lowest BCUT2D eigenvalue weighted by molar-refractivity contribution is -0.386. The zero-order valence-electron chi connectivity index (χ0n) is 15.2. The van der Waals surface area contributed by atoms with Gasteiger partial charge in [-0.05, 0) is 39.7 Å². The summed E-state index contributed by atoms with van der Waals surface area (Å²) in [6.07, 6.45) is 0.749. The summed E-state index contributed by atoms with van der Waals surface area (Å²) in [6, 6.07) is 7.29. The molecule has 0 aliphatic heterocycles. The molecule has 1 amide bonds. The molecule has 1 aromatic heterocycles. The summed E-state index contributed by atoms with van der Waals surface area (Å²) in [5.74, 6) is -0.215. The van der Waals surface area contributed by atoms with Crippen LogP contribution in [0.4, 0.5) is 5.69 Å². The van der Waals surface area contributed by atoms with E-state index in [2.05, 4.69) is 10.4 Å². The van der Waals surface area contributed by atoms with Gasteiger partial charge in [0, 0.05) is 0 Å². The van der Waals surface area contributed by atoms with Crippen LogP contribution >= 0.6 is 0 Å². The third-order valence-corrected chi connectivity index (χ3v) is 4.42. The Morgan fingerprint density at radius 2 is 1.88 bits per heavy atom. The number of nitro groups is 1. The van der Waals surface area contributed by atoms with Gasteiger partial charge in [0.05, 0.1) is 11.0 Å². The van der Waals surface area contributed by atoms with E-state index < -0.39 is 11.0 Å². The highest BCUT2D eigenvalue weighted by Crippen LogP contribution is 2.25. The average Bonchev–Trinajstić information content (AvgIpc) is 2.87. The molecule has 25 heavy (non-hydrogen) atoms. The lowest BCUT2D eigenvalue weighted by Gasteiger charge is -2.21. The van der Waals surface area contributed by atoms with Crippen molar-refractivity contribution in [3.05, 3.63) is 56.9 Å². The minimum atomic E-state index is -0.633. The molecule has 0 aliphatic rings. The fraction of sp³-hybridized carbons (Fsp3) is 0.444. The van der Waals surface area contributed by atoms with Gasteiger partial charge in [0.15, 0.2) is 0 Å². The molecule has 0 bridgehead atoms. The second kappa shape index (κ2) is 7.46. The molecule has 1 aromatic carbocycles. The topological polar surface area (TPSA) is 90.1 Å². The minimum Gasteiger partial charge on any atom is -0.347 e. The van der Waals surface area contributed by atoms with Crippen LogP contribution in [0.3, 0.4) is 0 Å². The molecule has 2 rings (SSSR count). The number of aryl methyl sites for hydroxylation is 2. The van der Waals surface area contributed by atoms with Crippen molar-refractivity contribution in [2.45, 2.75) is 53.1 Å². The first kappa shape index (κ1) is 18.6. The number of aromatic nitrogens is 2. The van der Waals surface area contributed by atoms with Crippen LogP contribution in [0.1, 0.15) is 54.9 Å². The largest absolute Gasteiger partial charge is 0.347 e. The Hall–Kier alpha value is -2.70. The highest BCUT2D eigenvalue weighted by molar-refractivity contribution is 5.80. The highest BCUT2D eigenvalue weighted by atomic mass is 16.6. The van der Waals surface area contributed by atoms with E-state index in [1.165, 1.54) is 4.68 Å². The van der Waals surface area contributed by atoms with E-state index in [9.17, 15) is 14.9 Å². The van der Waals surface area contributed by atoms with Crippen molar-refractivity contribution in [3.8, 4) is 0 Å². The number of amides is 1. The molecule has 0 spiro atoms. The summed E-state index contributed by atoms with van der Waals surface area (Å²) in [4.78, 5) is 23.3. The Kier molecular flexibility index (Phi) is 5.56. The number of rotatable bonds is 6. The normalized spacial score (nSPS) is 13.3. The molecular weight excluding hydrogens is 320 g/mol. The van der Waals surface area contributed by atoms with Gasteiger partial charge in [0.2, 0.25) is 5.91 Å². The Morgan fingerprint density at radius 1 is 1.28 bits per heavy atom. The van der Waals surface area contributed by atoms with Crippen molar-refractivity contribution in [3.63, 3.8) is 0 Å². The molecule has 0 saturated heterocycles. The summed E-state index contributed by atoms with van der Waals surface area (Å²) >= 11 is 0. The predicted molar refractivity (Wildman–Crippen MR) is 95.4 cm³/mol. The second-order valence-electron chi connectivity index (χ2n) is 6.28. The van der Waals surface area contributed by atoms with Crippen LogP contribution in [0.5, 0.6) is 0 Å². The molecule has 1 N–H and O–H groups in total. The van der Waals surface area contributed by atoms with Gasteiger partial charge in [0.25, 0.3) is 0 Å². The smallest absolute Gasteiger partial charge is 0.312 e. The molecule has 0 aliphatic carbocycles. The summed E-state index contributed by atoms with van der Waals surface area (Å²) < 4.78 is 1.42. The number of benzene rings is 1. The summed E-state index contributed by atoms with van der Waals surface area (Å²) in [5, 5.41) is 18.3. The van der Waals surface area contributed by atoms with Crippen molar-refractivity contribution >= 4 is 11.6 Å². The number of carbonyl (C=O) groups is 1. The van der Waals surface area contributed by atoms with Crippen molar-refractivity contribution in [2.24, 2.45) is 0 Å². The molecule has 2 aromatic rings. The van der Waals surface area contributed by atoms with Crippen LogP contribution in [0.25, 0.3) is 0 Å². The molecule has 2 unspecified atom stereocenters. The number of hydrogen-bond acceptors (Lipinski definition) is 4. The van der Waals surface area contributed by atoms with Crippen LogP contribution in [0, 0.1) is 30.9 Å². The summed E-state index contributed by atoms with van der Waals surface area (Å²) in [5.41, 5.74) is 2.85. The SMILES string of the molecule is CCC(NC(=O)C(C)n1nc(C)c([N+](=O)[O-])c1C)c1ccc(C)cc1. The molecule has 1 heterocycles. The van der Waals surface area contributed by atoms with Crippen LogP contribution < -0.4 is 5.32 Å². The maximum Gasteiger partial charge on any atom is 0.312 e. The van der Waals surface area contributed by atoms with E-state index in [1.54, 1.807) is 20.8 Å². The van der Waals surface area contributed by atoms with Crippen molar-refractivity contribution in [1.82, 2.24) is 15.1 Å². The molecule has 2 atom stereocenters. The average molecular weight is 344 g/mol. The molecule has 7 heteroatoms. The van der Waals surface area contributed by atoms with Crippen molar-refractivity contribution < 1.29 is 9.72 Å². The quantitative estimate of drug-likeness (QED) is 0.641. The van der Waals surface area contributed by atoms with Gasteiger partial charge >= 0.3 is 5.69 Å². The minimum absolute atomic E-state index is 0.0368. The highest BCUT2D eigenvalue weighted by Gasteiger charge is 2.27. The van der Waals surface area contributed by atoms with E-state index in [1.807, 2.05) is 38.1 Å². The molecule has 0 saturated carbocycles. The Morgan fingerprint density at radius 3 is 2.36 bits per heavy atom. The van der Waals surface area contributed by atoms with Crippen LogP contribution in [-0.4, -0.2) is 20.6 Å². The third kappa shape index (κ3) is 3.87. The third-order valence-electron chi connectivity index (χ3n) is 4.42. The Balaban J connectivity index is 2.21. The van der Waals surface area contributed by atoms with Gasteiger partial charge in [-0.25, -0.2) is 0 Å². The van der Waals surface area contributed by atoms with Gasteiger partial charge < -0.3 is 5.32 Å². The monoisotopic (exact) mass is 344 g/mol. The van der Waals surface area contributed by atoms with Crippen molar-refractivity contribution in [2.75, 3.05) is 0 Å². The second-order valence-corrected chi connectivity index (χ2v) is 6.28. The Bertz CT molecular complexity index is 780. The zero-order valence-corrected chi connectivity index (χ0v) is 15.2. The summed E-state index contributed by atoms with van der Waals surface area (Å²) in [6.45, 7) is 8.90. The maximum absolute atomic E-state index is 12.7. The molecule has 0 radical (unpaired) electrons. The van der Waals surface area contributed by atoms with Gasteiger partial charge in [0.1, 0.15) is 17.4 Å². The lowest BCUT2D eigenvalue weighted by atomic mass is 10.0. The van der Waals surface area contributed by atoms with Crippen LogP contribution in [0.15, 0.2) is 24.3 Å². The number of hydrogen-bond donors (Lipinski definition) is 1. The molecular formula is C18H24N4O3. The van der Waals surface area contributed by atoms with Crippen LogP contribution in [0.2, 0.25) is 0 Å². The first-order valence-corrected chi connectivity index (χ1v) is 8.33. The van der Waals surface area contributed by atoms with E-state index >= 15 is 0 Å². The van der Waals surface area contributed by atoms with Gasteiger partial charge in [-0.3, -0.25) is 19.6 Å². The maximum atomic E-state index is 12.7. The Labute approximate surface area is 147 Å². The first-order chi connectivity index (χ1) is 11.8. The number of carbonyl (C=O) groups excluding carboxylic acids is 1. The van der Waals surface area contributed by atoms with E-state index in [-0.39, 0.29) is 17.6 Å². The first-order valence-electron chi connectivity index (χ1n) is 8.33. The predicted octanol–water partition coefficient (Wildman–Crippen LogP) is 3.55. The fourth-order valence-electron chi connectivity index (χ4n) is 2.92. The van der Waals surface area contributed by atoms with Gasteiger partial charge in [-0.1, -0.05) is 36.8 Å². The van der Waals surface area contributed by atoms with E-state index in [0.717, 1.165) is 17.5 Å². The van der Waals surface area contributed by atoms with E-state index in [0.29, 0.717) is 11.4 Å². The molecule has 0 fully saturated rings. The van der Waals surface area contributed by atoms with Gasteiger partial charge in [-0.2, -0.15) is 5.10 Å². The lowest BCUT2D eigenvalue weighted by Crippen LogP contribution is -2.34. The van der Waals surface area contributed by atoms with Crippen LogP contribution in [-0.2, 0) is 4.79 Å². The zero-order chi connectivity index (χ0) is 18.7. The van der Waals surface area contributed by atoms with E-state index in [4.69, 9.17) is 0 Å².